The molecular weight excluding hydrogens is 266 g/mol. The van der Waals surface area contributed by atoms with Crippen LogP contribution in [-0.4, -0.2) is 32.7 Å². The number of nitrogens with one attached hydrogen (secondary N) is 2. The summed E-state index contributed by atoms with van der Waals surface area (Å²) in [7, 11) is 1.62. The highest BCUT2D eigenvalue weighted by Crippen LogP contribution is 2.19. The lowest BCUT2D eigenvalue weighted by molar-refractivity contribution is -0.119. The third-order valence-electron chi connectivity index (χ3n) is 2.39. The Bertz CT molecular complexity index is 471. The van der Waals surface area contributed by atoms with Crippen LogP contribution in [0.25, 0.3) is 0 Å². The fourth-order valence-electron chi connectivity index (χ4n) is 1.40. The van der Waals surface area contributed by atoms with E-state index >= 15 is 0 Å². The van der Waals surface area contributed by atoms with Gasteiger partial charge in [0.15, 0.2) is 0 Å². The molecule has 0 saturated carbocycles. The van der Waals surface area contributed by atoms with E-state index in [9.17, 15) is 4.79 Å². The summed E-state index contributed by atoms with van der Waals surface area (Å²) in [6.45, 7) is 1.37. The molecule has 0 fully saturated rings. The van der Waals surface area contributed by atoms with Gasteiger partial charge in [-0.25, -0.2) is 0 Å². The maximum absolute atomic E-state index is 11.5. The van der Waals surface area contributed by atoms with E-state index < -0.39 is 0 Å². The third-order valence-corrected chi connectivity index (χ3v) is 2.70. The summed E-state index contributed by atoms with van der Waals surface area (Å²) < 4.78 is 4.88. The third kappa shape index (κ3) is 5.60. The monoisotopic (exact) mass is 281 g/mol. The van der Waals surface area contributed by atoms with Crippen molar-refractivity contribution in [1.82, 2.24) is 5.32 Å². The SMILES string of the molecule is COCCCNC(=O)CNc1ccc(C#N)c(Cl)c1. The molecule has 0 aliphatic rings. The number of amides is 1. The van der Waals surface area contributed by atoms with Crippen LogP contribution in [0, 0.1) is 11.3 Å². The van der Waals surface area contributed by atoms with E-state index in [0.717, 1.165) is 6.42 Å². The minimum absolute atomic E-state index is 0.100. The van der Waals surface area contributed by atoms with E-state index in [1.165, 1.54) is 0 Å². The van der Waals surface area contributed by atoms with Crippen molar-refractivity contribution in [1.29, 1.82) is 5.26 Å². The summed E-state index contributed by atoms with van der Waals surface area (Å²) in [6, 6.07) is 6.92. The fourth-order valence-corrected chi connectivity index (χ4v) is 1.63. The molecular formula is C13H16ClN3O2. The minimum Gasteiger partial charge on any atom is -0.385 e. The van der Waals surface area contributed by atoms with Gasteiger partial charge in [0.1, 0.15) is 6.07 Å². The zero-order valence-electron chi connectivity index (χ0n) is 10.7. The Morgan fingerprint density at radius 2 is 2.32 bits per heavy atom. The average Bonchev–Trinajstić information content (AvgIpc) is 2.41. The van der Waals surface area contributed by atoms with Crippen LogP contribution in [0.15, 0.2) is 18.2 Å². The minimum atomic E-state index is -0.100. The summed E-state index contributed by atoms with van der Waals surface area (Å²) in [6.07, 6.45) is 0.783. The van der Waals surface area contributed by atoms with Crippen LogP contribution in [0.2, 0.25) is 5.02 Å². The maximum atomic E-state index is 11.5. The van der Waals surface area contributed by atoms with E-state index in [4.69, 9.17) is 21.6 Å². The van der Waals surface area contributed by atoms with Crippen LogP contribution in [0.1, 0.15) is 12.0 Å². The number of hydrogen-bond donors (Lipinski definition) is 2. The van der Waals surface area contributed by atoms with Crippen molar-refractivity contribution in [2.24, 2.45) is 0 Å². The number of halogens is 1. The first kappa shape index (κ1) is 15.3. The number of nitrogens with zero attached hydrogens (tertiary/aromatic N) is 1. The van der Waals surface area contributed by atoms with Crippen LogP contribution in [0.5, 0.6) is 0 Å². The molecule has 0 heterocycles. The summed E-state index contributed by atoms with van der Waals surface area (Å²) >= 11 is 5.89. The lowest BCUT2D eigenvalue weighted by atomic mass is 10.2. The second-order valence-corrected chi connectivity index (χ2v) is 4.26. The number of nitriles is 1. The molecule has 1 aromatic carbocycles. The van der Waals surface area contributed by atoms with E-state index in [-0.39, 0.29) is 12.5 Å². The fraction of sp³-hybridized carbons (Fsp3) is 0.385. The van der Waals surface area contributed by atoms with Gasteiger partial charge in [-0.05, 0) is 24.6 Å². The maximum Gasteiger partial charge on any atom is 0.239 e. The van der Waals surface area contributed by atoms with Gasteiger partial charge < -0.3 is 15.4 Å². The second kappa shape index (κ2) is 8.35. The van der Waals surface area contributed by atoms with Crippen molar-refractivity contribution in [3.8, 4) is 6.07 Å². The molecule has 0 aromatic heterocycles. The Morgan fingerprint density at radius 3 is 2.95 bits per heavy atom. The molecule has 0 atom stereocenters. The Kier molecular flexibility index (Phi) is 6.72. The van der Waals surface area contributed by atoms with Crippen LogP contribution in [-0.2, 0) is 9.53 Å². The Hall–Kier alpha value is -1.77. The molecule has 0 radical (unpaired) electrons. The standard InChI is InChI=1S/C13H16ClN3O2/c1-19-6-2-5-16-13(18)9-17-11-4-3-10(8-15)12(14)7-11/h3-4,7,17H,2,5-6,9H2,1H3,(H,16,18). The molecule has 2 N–H and O–H groups in total. The van der Waals surface area contributed by atoms with Gasteiger partial charge in [-0.2, -0.15) is 5.26 Å². The van der Waals surface area contributed by atoms with Gasteiger partial charge in [-0.1, -0.05) is 11.6 Å². The van der Waals surface area contributed by atoms with Crippen LogP contribution in [0.4, 0.5) is 5.69 Å². The Labute approximate surface area is 117 Å². The van der Waals surface area contributed by atoms with Gasteiger partial charge in [0.25, 0.3) is 0 Å². The van der Waals surface area contributed by atoms with Gasteiger partial charge in [-0.15, -0.1) is 0 Å². The first-order valence-electron chi connectivity index (χ1n) is 5.86. The highest BCUT2D eigenvalue weighted by atomic mass is 35.5. The average molecular weight is 282 g/mol. The van der Waals surface area contributed by atoms with Crippen molar-refractivity contribution >= 4 is 23.2 Å². The number of ether oxygens (including phenoxy) is 1. The first-order chi connectivity index (χ1) is 9.17. The summed E-state index contributed by atoms with van der Waals surface area (Å²) in [5.41, 5.74) is 1.12. The highest BCUT2D eigenvalue weighted by Gasteiger charge is 2.03. The van der Waals surface area contributed by atoms with Crippen LogP contribution in [0.3, 0.4) is 0 Å². The topological polar surface area (TPSA) is 74.2 Å². The Morgan fingerprint density at radius 1 is 1.53 bits per heavy atom. The van der Waals surface area contributed by atoms with Crippen molar-refractivity contribution < 1.29 is 9.53 Å². The Balaban J connectivity index is 2.34. The van der Waals surface area contributed by atoms with Gasteiger partial charge in [-0.3, -0.25) is 4.79 Å². The van der Waals surface area contributed by atoms with E-state index in [1.54, 1.807) is 25.3 Å². The molecule has 0 saturated heterocycles. The molecule has 0 spiro atoms. The number of methoxy groups -OCH3 is 1. The summed E-state index contributed by atoms with van der Waals surface area (Å²) in [5.74, 6) is -0.100. The van der Waals surface area contributed by atoms with Crippen molar-refractivity contribution in [3.05, 3.63) is 28.8 Å². The number of carbonyl (C=O) groups is 1. The van der Waals surface area contributed by atoms with Crippen molar-refractivity contribution in [2.45, 2.75) is 6.42 Å². The number of hydrogen-bond acceptors (Lipinski definition) is 4. The molecule has 1 rings (SSSR count). The number of anilines is 1. The van der Waals surface area contributed by atoms with E-state index in [1.807, 2.05) is 6.07 Å². The predicted octanol–water partition coefficient (Wildman–Crippen LogP) is 1.78. The number of benzene rings is 1. The molecule has 0 unspecified atom stereocenters. The lowest BCUT2D eigenvalue weighted by Crippen LogP contribution is -2.31. The molecule has 5 nitrogen and oxygen atoms in total. The quantitative estimate of drug-likeness (QED) is 0.747. The van der Waals surface area contributed by atoms with Gasteiger partial charge in [0, 0.05) is 25.9 Å². The summed E-state index contributed by atoms with van der Waals surface area (Å²) in [5, 5.41) is 14.8. The molecule has 0 aliphatic carbocycles. The van der Waals surface area contributed by atoms with Crippen molar-refractivity contribution in [2.75, 3.05) is 32.1 Å². The van der Waals surface area contributed by atoms with Crippen LogP contribution >= 0.6 is 11.6 Å². The number of carbonyl (C=O) groups excluding carboxylic acids is 1. The number of rotatable bonds is 7. The molecule has 0 bridgehead atoms. The molecule has 6 heteroatoms. The zero-order valence-corrected chi connectivity index (χ0v) is 11.5. The highest BCUT2D eigenvalue weighted by molar-refractivity contribution is 6.32. The van der Waals surface area contributed by atoms with Crippen LogP contribution < -0.4 is 10.6 Å². The predicted molar refractivity (Wildman–Crippen MR) is 74.2 cm³/mol. The molecule has 19 heavy (non-hydrogen) atoms. The van der Waals surface area contributed by atoms with Gasteiger partial charge >= 0.3 is 0 Å². The normalized spacial score (nSPS) is 9.74. The zero-order chi connectivity index (χ0) is 14.1. The molecule has 1 amide bonds. The van der Waals surface area contributed by atoms with E-state index in [2.05, 4.69) is 10.6 Å². The van der Waals surface area contributed by atoms with Gasteiger partial charge in [0.05, 0.1) is 17.1 Å². The van der Waals surface area contributed by atoms with E-state index in [0.29, 0.717) is 29.4 Å². The molecule has 0 aliphatic heterocycles. The smallest absolute Gasteiger partial charge is 0.239 e. The van der Waals surface area contributed by atoms with Crippen molar-refractivity contribution in [3.63, 3.8) is 0 Å². The summed E-state index contributed by atoms with van der Waals surface area (Å²) in [4.78, 5) is 11.5. The second-order valence-electron chi connectivity index (χ2n) is 3.86. The molecule has 102 valence electrons. The molecule has 1 aromatic rings. The lowest BCUT2D eigenvalue weighted by Gasteiger charge is -2.08. The largest absolute Gasteiger partial charge is 0.385 e. The first-order valence-corrected chi connectivity index (χ1v) is 6.24. The van der Waals surface area contributed by atoms with Gasteiger partial charge in [0.2, 0.25) is 5.91 Å².